The van der Waals surface area contributed by atoms with Gasteiger partial charge in [-0.3, -0.25) is 30.9 Å². The number of nitro benzene ring substituents is 2. The van der Waals surface area contributed by atoms with E-state index < -0.39 is 31.8 Å². The van der Waals surface area contributed by atoms with Crippen LogP contribution in [0.1, 0.15) is 0 Å². The first kappa shape index (κ1) is 11.9. The minimum absolute atomic E-state index is 0.0893. The van der Waals surface area contributed by atoms with Crippen LogP contribution in [0.25, 0.3) is 10.2 Å². The first-order valence-corrected chi connectivity index (χ1v) is 5.22. The van der Waals surface area contributed by atoms with E-state index in [0.29, 0.717) is 11.3 Å². The van der Waals surface area contributed by atoms with Crippen LogP contribution in [0.4, 0.5) is 17.1 Å². The number of hydrogen-bond donors (Lipinski definition) is 3. The number of nitrogen functional groups attached to an aromatic ring is 1. The van der Waals surface area contributed by atoms with Crippen molar-refractivity contribution in [2.75, 3.05) is 5.43 Å². The second kappa shape index (κ2) is 4.05. The first-order chi connectivity index (χ1) is 8.45. The number of aromatic nitrogens is 1. The SMILES string of the molecule is NNc1c([N+](=O)[O-])cc2sc(=O)[nH]c2c1[N+](=O)[O-]. The predicted octanol–water partition coefficient (Wildman–Crippen LogP) is 0.692. The molecule has 94 valence electrons. The smallest absolute Gasteiger partial charge is 0.312 e. The van der Waals surface area contributed by atoms with Crippen molar-refractivity contribution < 1.29 is 9.85 Å². The van der Waals surface area contributed by atoms with Gasteiger partial charge in [0.05, 0.1) is 14.5 Å². The quantitative estimate of drug-likeness (QED) is 0.420. The highest BCUT2D eigenvalue weighted by Crippen LogP contribution is 2.40. The van der Waals surface area contributed by atoms with Crippen LogP contribution in [0.15, 0.2) is 10.9 Å². The highest BCUT2D eigenvalue weighted by atomic mass is 32.1. The Labute approximate surface area is 101 Å². The van der Waals surface area contributed by atoms with Gasteiger partial charge in [0, 0.05) is 6.07 Å². The zero-order valence-electron chi connectivity index (χ0n) is 8.50. The Morgan fingerprint density at radius 1 is 1.33 bits per heavy atom. The Kier molecular flexibility index (Phi) is 2.68. The van der Waals surface area contributed by atoms with Gasteiger partial charge in [0.25, 0.3) is 0 Å². The molecule has 1 aromatic carbocycles. The molecular formula is C7H5N5O5S. The summed E-state index contributed by atoms with van der Waals surface area (Å²) in [5.41, 5.74) is 0.198. The largest absolute Gasteiger partial charge is 0.325 e. The third-order valence-electron chi connectivity index (χ3n) is 2.20. The number of thiazole rings is 1. The molecule has 0 saturated heterocycles. The van der Waals surface area contributed by atoms with Crippen molar-refractivity contribution in [1.29, 1.82) is 0 Å². The number of rotatable bonds is 3. The lowest BCUT2D eigenvalue weighted by molar-refractivity contribution is -0.391. The summed E-state index contributed by atoms with van der Waals surface area (Å²) in [5, 5.41) is 21.8. The van der Waals surface area contributed by atoms with E-state index in [9.17, 15) is 25.0 Å². The predicted molar refractivity (Wildman–Crippen MR) is 63.6 cm³/mol. The van der Waals surface area contributed by atoms with Crippen LogP contribution in [-0.4, -0.2) is 14.8 Å². The molecule has 0 atom stereocenters. The summed E-state index contributed by atoms with van der Waals surface area (Å²) < 4.78 is 0.123. The van der Waals surface area contributed by atoms with Crippen molar-refractivity contribution >= 4 is 38.6 Å². The maximum atomic E-state index is 11.2. The second-order valence-electron chi connectivity index (χ2n) is 3.17. The monoisotopic (exact) mass is 271 g/mol. The summed E-state index contributed by atoms with van der Waals surface area (Å²) in [5.74, 6) is 5.08. The summed E-state index contributed by atoms with van der Waals surface area (Å²) in [6.07, 6.45) is 0. The average Bonchev–Trinajstić information content (AvgIpc) is 2.65. The number of nitrogens with one attached hydrogen (secondary N) is 2. The second-order valence-corrected chi connectivity index (χ2v) is 4.18. The number of benzene rings is 1. The van der Waals surface area contributed by atoms with Crippen molar-refractivity contribution in [2.45, 2.75) is 0 Å². The fraction of sp³-hybridized carbons (Fsp3) is 0. The molecule has 0 radical (unpaired) electrons. The molecule has 0 spiro atoms. The Morgan fingerprint density at radius 3 is 2.50 bits per heavy atom. The molecule has 0 bridgehead atoms. The number of nitrogens with two attached hydrogens (primary N) is 1. The molecular weight excluding hydrogens is 266 g/mol. The van der Waals surface area contributed by atoms with Crippen LogP contribution in [0.3, 0.4) is 0 Å². The van der Waals surface area contributed by atoms with Gasteiger partial charge in [0.2, 0.25) is 5.69 Å². The minimum Gasteiger partial charge on any atom is -0.312 e. The molecule has 0 fully saturated rings. The fourth-order valence-corrected chi connectivity index (χ4v) is 2.30. The zero-order chi connectivity index (χ0) is 13.4. The fourth-order valence-electron chi connectivity index (χ4n) is 1.53. The molecule has 1 heterocycles. The topological polar surface area (TPSA) is 157 Å². The van der Waals surface area contributed by atoms with Gasteiger partial charge >= 0.3 is 16.2 Å². The van der Waals surface area contributed by atoms with Crippen molar-refractivity contribution in [3.63, 3.8) is 0 Å². The van der Waals surface area contributed by atoms with Gasteiger partial charge in [-0.1, -0.05) is 11.3 Å². The van der Waals surface area contributed by atoms with Crippen molar-refractivity contribution in [3.05, 3.63) is 36.0 Å². The van der Waals surface area contributed by atoms with E-state index in [-0.39, 0.29) is 10.2 Å². The zero-order valence-corrected chi connectivity index (χ0v) is 9.32. The number of H-pyrrole nitrogens is 1. The average molecular weight is 271 g/mol. The van der Waals surface area contributed by atoms with Crippen LogP contribution in [0.2, 0.25) is 0 Å². The lowest BCUT2D eigenvalue weighted by Crippen LogP contribution is -2.11. The summed E-state index contributed by atoms with van der Waals surface area (Å²) >= 11 is 0.646. The molecule has 0 aliphatic heterocycles. The van der Waals surface area contributed by atoms with Crippen molar-refractivity contribution in [2.24, 2.45) is 5.84 Å². The molecule has 4 N–H and O–H groups in total. The minimum atomic E-state index is -0.840. The van der Waals surface area contributed by atoms with Gasteiger partial charge in [-0.2, -0.15) is 0 Å². The normalized spacial score (nSPS) is 10.5. The summed E-state index contributed by atoms with van der Waals surface area (Å²) in [4.78, 5) is 33.0. The van der Waals surface area contributed by atoms with E-state index in [1.165, 1.54) is 0 Å². The van der Waals surface area contributed by atoms with Gasteiger partial charge < -0.3 is 10.4 Å². The van der Waals surface area contributed by atoms with Crippen LogP contribution in [0.5, 0.6) is 0 Å². The number of anilines is 1. The third-order valence-corrected chi connectivity index (χ3v) is 3.03. The molecule has 0 amide bonds. The molecule has 2 aromatic rings. The van der Waals surface area contributed by atoms with E-state index in [0.717, 1.165) is 6.07 Å². The van der Waals surface area contributed by atoms with Gasteiger partial charge in [0.1, 0.15) is 5.52 Å². The standard InChI is InChI=1S/C7H5N5O5S/c8-10-4-2(11(14)15)1-3-5(6(4)12(16)17)9-7(13)18-3/h1,10H,8H2,(H,9,13). The summed E-state index contributed by atoms with van der Waals surface area (Å²) in [7, 11) is 0. The molecule has 1 aromatic heterocycles. The lowest BCUT2D eigenvalue weighted by atomic mass is 10.2. The van der Waals surface area contributed by atoms with Gasteiger partial charge in [0.15, 0.2) is 0 Å². The molecule has 0 unspecified atom stereocenters. The molecule has 18 heavy (non-hydrogen) atoms. The molecule has 0 aliphatic carbocycles. The molecule has 2 rings (SSSR count). The van der Waals surface area contributed by atoms with Crippen LogP contribution < -0.4 is 16.1 Å². The third kappa shape index (κ3) is 1.66. The van der Waals surface area contributed by atoms with Gasteiger partial charge in [-0.05, 0) is 0 Å². The number of hydrazine groups is 1. The Bertz CT molecular complexity index is 719. The van der Waals surface area contributed by atoms with Crippen LogP contribution >= 0.6 is 11.3 Å². The number of fused-ring (bicyclic) bond motifs is 1. The highest BCUT2D eigenvalue weighted by Gasteiger charge is 2.30. The highest BCUT2D eigenvalue weighted by molar-refractivity contribution is 7.16. The van der Waals surface area contributed by atoms with E-state index in [1.54, 1.807) is 0 Å². The van der Waals surface area contributed by atoms with Crippen LogP contribution in [-0.2, 0) is 0 Å². The maximum absolute atomic E-state index is 11.2. The number of nitrogens with zero attached hydrogens (tertiary/aromatic N) is 2. The summed E-state index contributed by atoms with van der Waals surface area (Å²) in [6.45, 7) is 0. The summed E-state index contributed by atoms with van der Waals surface area (Å²) in [6, 6.07) is 1.06. The Hall–Kier alpha value is -2.53. The van der Waals surface area contributed by atoms with Gasteiger partial charge in [-0.25, -0.2) is 0 Å². The van der Waals surface area contributed by atoms with E-state index in [4.69, 9.17) is 5.84 Å². The van der Waals surface area contributed by atoms with E-state index in [2.05, 4.69) is 4.98 Å². The van der Waals surface area contributed by atoms with Crippen molar-refractivity contribution in [1.82, 2.24) is 4.98 Å². The molecule has 10 nitrogen and oxygen atoms in total. The Morgan fingerprint density at radius 2 is 2.00 bits per heavy atom. The number of aromatic amines is 1. The van der Waals surface area contributed by atoms with E-state index in [1.807, 2.05) is 5.43 Å². The number of hydrogen-bond acceptors (Lipinski definition) is 8. The molecule has 11 heteroatoms. The maximum Gasteiger partial charge on any atom is 0.325 e. The van der Waals surface area contributed by atoms with Crippen LogP contribution in [0, 0.1) is 20.2 Å². The lowest BCUT2D eigenvalue weighted by Gasteiger charge is -2.03. The molecule has 0 aliphatic rings. The molecule has 0 saturated carbocycles. The Balaban J connectivity index is 3.00. The first-order valence-electron chi connectivity index (χ1n) is 4.41. The van der Waals surface area contributed by atoms with E-state index >= 15 is 0 Å². The number of nitro groups is 2. The van der Waals surface area contributed by atoms with Crippen molar-refractivity contribution in [3.8, 4) is 0 Å². The van der Waals surface area contributed by atoms with Gasteiger partial charge in [-0.15, -0.1) is 0 Å².